The van der Waals surface area contributed by atoms with Gasteiger partial charge in [-0.05, 0) is 35.9 Å². The summed E-state index contributed by atoms with van der Waals surface area (Å²) >= 11 is 2.90. The highest BCUT2D eigenvalue weighted by molar-refractivity contribution is 7.21. The number of nitrogens with one attached hydrogen (secondary N) is 2. The van der Waals surface area contributed by atoms with Gasteiger partial charge in [0.1, 0.15) is 0 Å². The SMILES string of the molecule is CC(=O)NCCCc1ccc(-c2csc(NC(=O)c3cc4ccccc4s3)n2)cc1. The molecule has 0 aliphatic heterocycles. The highest BCUT2D eigenvalue weighted by atomic mass is 32.1. The summed E-state index contributed by atoms with van der Waals surface area (Å²) in [4.78, 5) is 28.7. The van der Waals surface area contributed by atoms with Crippen molar-refractivity contribution < 1.29 is 9.59 Å². The summed E-state index contributed by atoms with van der Waals surface area (Å²) in [7, 11) is 0. The smallest absolute Gasteiger partial charge is 0.267 e. The molecule has 7 heteroatoms. The molecular weight excluding hydrogens is 414 g/mol. The van der Waals surface area contributed by atoms with Crippen LogP contribution in [0.25, 0.3) is 21.3 Å². The number of hydrogen-bond acceptors (Lipinski definition) is 5. The van der Waals surface area contributed by atoms with E-state index in [4.69, 9.17) is 0 Å². The number of amides is 2. The van der Waals surface area contributed by atoms with E-state index in [1.54, 1.807) is 0 Å². The number of nitrogens with zero attached hydrogens (tertiary/aromatic N) is 1. The van der Waals surface area contributed by atoms with Crippen molar-refractivity contribution in [2.45, 2.75) is 19.8 Å². The van der Waals surface area contributed by atoms with Crippen LogP contribution in [0.5, 0.6) is 0 Å². The van der Waals surface area contributed by atoms with E-state index in [0.29, 0.717) is 16.6 Å². The molecule has 0 saturated heterocycles. The Morgan fingerprint density at radius 1 is 1.07 bits per heavy atom. The number of thiazole rings is 1. The van der Waals surface area contributed by atoms with Crippen molar-refractivity contribution in [2.75, 3.05) is 11.9 Å². The third-order valence-electron chi connectivity index (χ3n) is 4.64. The molecule has 0 bridgehead atoms. The van der Waals surface area contributed by atoms with Gasteiger partial charge in [0, 0.05) is 29.1 Å². The molecule has 0 saturated carbocycles. The lowest BCUT2D eigenvalue weighted by Crippen LogP contribution is -2.21. The molecule has 0 radical (unpaired) electrons. The average molecular weight is 436 g/mol. The topological polar surface area (TPSA) is 71.1 Å². The summed E-state index contributed by atoms with van der Waals surface area (Å²) in [6, 6.07) is 18.1. The normalized spacial score (nSPS) is 10.8. The minimum atomic E-state index is -0.133. The van der Waals surface area contributed by atoms with Gasteiger partial charge < -0.3 is 5.32 Å². The number of fused-ring (bicyclic) bond motifs is 1. The zero-order chi connectivity index (χ0) is 20.9. The lowest BCUT2D eigenvalue weighted by atomic mass is 10.1. The van der Waals surface area contributed by atoms with E-state index in [0.717, 1.165) is 34.2 Å². The summed E-state index contributed by atoms with van der Waals surface area (Å²) in [5.74, 6) is -0.129. The minimum absolute atomic E-state index is 0.00382. The monoisotopic (exact) mass is 435 g/mol. The van der Waals surface area contributed by atoms with Gasteiger partial charge in [0.15, 0.2) is 5.13 Å². The molecule has 0 fully saturated rings. The predicted molar refractivity (Wildman–Crippen MR) is 124 cm³/mol. The van der Waals surface area contributed by atoms with Crippen LogP contribution in [0.15, 0.2) is 60.0 Å². The van der Waals surface area contributed by atoms with Crippen molar-refractivity contribution in [3.8, 4) is 11.3 Å². The molecule has 0 aliphatic rings. The summed E-state index contributed by atoms with van der Waals surface area (Å²) in [6.07, 6.45) is 1.82. The van der Waals surface area contributed by atoms with Gasteiger partial charge in [-0.15, -0.1) is 22.7 Å². The fraction of sp³-hybridized carbons (Fsp3) is 0.174. The third-order valence-corrected chi connectivity index (χ3v) is 6.51. The van der Waals surface area contributed by atoms with Crippen LogP contribution in [0, 0.1) is 0 Å². The number of hydrogen-bond donors (Lipinski definition) is 2. The summed E-state index contributed by atoms with van der Waals surface area (Å²) in [5.41, 5.74) is 3.08. The van der Waals surface area contributed by atoms with Crippen LogP contribution in [0.3, 0.4) is 0 Å². The first-order valence-electron chi connectivity index (χ1n) is 9.68. The standard InChI is InChI=1S/C23H21N3O2S2/c1-15(27)24-12-4-5-16-8-10-17(11-9-16)19-14-29-23(25-19)26-22(28)21-13-18-6-2-3-7-20(18)30-21/h2-3,6-11,13-14H,4-5,12H2,1H3,(H,24,27)(H,25,26,28). The number of aryl methyl sites for hydroxylation is 1. The molecule has 5 nitrogen and oxygen atoms in total. The average Bonchev–Trinajstić information content (AvgIpc) is 3.38. The molecule has 2 aromatic carbocycles. The number of anilines is 1. The van der Waals surface area contributed by atoms with Gasteiger partial charge in [-0.1, -0.05) is 42.5 Å². The molecular formula is C23H21N3O2S2. The molecule has 152 valence electrons. The van der Waals surface area contributed by atoms with Gasteiger partial charge >= 0.3 is 0 Å². The molecule has 2 heterocycles. The van der Waals surface area contributed by atoms with Gasteiger partial charge in [0.05, 0.1) is 10.6 Å². The van der Waals surface area contributed by atoms with Crippen LogP contribution in [0.1, 0.15) is 28.6 Å². The molecule has 4 aromatic rings. The van der Waals surface area contributed by atoms with Crippen LogP contribution in [0.4, 0.5) is 5.13 Å². The Balaban J connectivity index is 1.37. The second-order valence-electron chi connectivity index (χ2n) is 6.92. The van der Waals surface area contributed by atoms with Crippen LogP contribution in [0.2, 0.25) is 0 Å². The molecule has 4 rings (SSSR count). The lowest BCUT2D eigenvalue weighted by Gasteiger charge is -2.04. The first-order valence-corrected chi connectivity index (χ1v) is 11.4. The van der Waals surface area contributed by atoms with Crippen LogP contribution >= 0.6 is 22.7 Å². The maximum atomic E-state index is 12.6. The Labute approximate surface area is 182 Å². The Kier molecular flexibility index (Phi) is 6.21. The van der Waals surface area contributed by atoms with Crippen LogP contribution < -0.4 is 10.6 Å². The number of benzene rings is 2. The zero-order valence-corrected chi connectivity index (χ0v) is 18.1. The quantitative estimate of drug-likeness (QED) is 0.385. The number of carbonyl (C=O) groups is 2. The van der Waals surface area contributed by atoms with Crippen LogP contribution in [-0.2, 0) is 11.2 Å². The first kappa shape index (κ1) is 20.3. The lowest BCUT2D eigenvalue weighted by molar-refractivity contribution is -0.118. The maximum absolute atomic E-state index is 12.6. The molecule has 0 spiro atoms. The van der Waals surface area contributed by atoms with Crippen molar-refractivity contribution in [3.05, 3.63) is 70.4 Å². The Morgan fingerprint density at radius 2 is 1.87 bits per heavy atom. The summed E-state index contributed by atoms with van der Waals surface area (Å²) in [5, 5.41) is 9.33. The molecule has 30 heavy (non-hydrogen) atoms. The predicted octanol–water partition coefficient (Wildman–Crippen LogP) is 5.35. The maximum Gasteiger partial charge on any atom is 0.267 e. The van der Waals surface area contributed by atoms with Crippen molar-refractivity contribution >= 4 is 49.7 Å². The van der Waals surface area contributed by atoms with Crippen molar-refractivity contribution in [1.82, 2.24) is 10.3 Å². The highest BCUT2D eigenvalue weighted by Crippen LogP contribution is 2.28. The fourth-order valence-electron chi connectivity index (χ4n) is 3.12. The number of rotatable bonds is 7. The van der Waals surface area contributed by atoms with E-state index in [2.05, 4.69) is 27.8 Å². The summed E-state index contributed by atoms with van der Waals surface area (Å²) in [6.45, 7) is 2.22. The van der Waals surface area contributed by atoms with E-state index < -0.39 is 0 Å². The second kappa shape index (κ2) is 9.19. The van der Waals surface area contributed by atoms with E-state index in [9.17, 15) is 9.59 Å². The van der Waals surface area contributed by atoms with Crippen molar-refractivity contribution in [1.29, 1.82) is 0 Å². The highest BCUT2D eigenvalue weighted by Gasteiger charge is 2.13. The second-order valence-corrected chi connectivity index (χ2v) is 8.87. The molecule has 0 atom stereocenters. The Morgan fingerprint density at radius 3 is 2.63 bits per heavy atom. The molecule has 0 unspecified atom stereocenters. The minimum Gasteiger partial charge on any atom is -0.356 e. The fourth-order valence-corrected chi connectivity index (χ4v) is 4.79. The van der Waals surface area contributed by atoms with Gasteiger partial charge in [-0.3, -0.25) is 14.9 Å². The molecule has 2 aromatic heterocycles. The number of aromatic nitrogens is 1. The first-order chi connectivity index (χ1) is 14.6. The van der Waals surface area contributed by atoms with Gasteiger partial charge in [-0.25, -0.2) is 4.98 Å². The van der Waals surface area contributed by atoms with E-state index in [1.807, 2.05) is 47.8 Å². The summed E-state index contributed by atoms with van der Waals surface area (Å²) < 4.78 is 1.10. The van der Waals surface area contributed by atoms with Gasteiger partial charge in [-0.2, -0.15) is 0 Å². The molecule has 0 aliphatic carbocycles. The van der Waals surface area contributed by atoms with Gasteiger partial charge in [0.2, 0.25) is 5.91 Å². The third kappa shape index (κ3) is 4.93. The Hall–Kier alpha value is -3.03. The zero-order valence-electron chi connectivity index (χ0n) is 16.5. The van der Waals surface area contributed by atoms with E-state index in [-0.39, 0.29) is 11.8 Å². The van der Waals surface area contributed by atoms with E-state index >= 15 is 0 Å². The van der Waals surface area contributed by atoms with Crippen molar-refractivity contribution in [3.63, 3.8) is 0 Å². The Bertz CT molecular complexity index is 1150. The molecule has 2 amide bonds. The number of thiophene rings is 1. The largest absolute Gasteiger partial charge is 0.356 e. The van der Waals surface area contributed by atoms with Crippen molar-refractivity contribution in [2.24, 2.45) is 0 Å². The van der Waals surface area contributed by atoms with Gasteiger partial charge in [0.25, 0.3) is 5.91 Å². The number of carbonyl (C=O) groups excluding carboxylic acids is 2. The molecule has 2 N–H and O–H groups in total. The van der Waals surface area contributed by atoms with E-state index in [1.165, 1.54) is 35.2 Å². The van der Waals surface area contributed by atoms with Crippen LogP contribution in [-0.4, -0.2) is 23.3 Å².